The zero-order valence-corrected chi connectivity index (χ0v) is 20.9. The summed E-state index contributed by atoms with van der Waals surface area (Å²) in [5.74, 6) is -0.193. The van der Waals surface area contributed by atoms with Gasteiger partial charge in [-0.25, -0.2) is 0 Å². The van der Waals surface area contributed by atoms with Gasteiger partial charge >= 0.3 is 0 Å². The monoisotopic (exact) mass is 499 g/mol. The molecule has 7 nitrogen and oxygen atoms in total. The number of carbonyl (C=O) groups excluding carboxylic acids is 1. The Labute approximate surface area is 208 Å². The molecule has 0 saturated carbocycles. The van der Waals surface area contributed by atoms with Crippen molar-refractivity contribution >= 4 is 36.4 Å². The fourth-order valence-corrected chi connectivity index (χ4v) is 4.00. The highest BCUT2D eigenvalue weighted by Gasteiger charge is 2.45. The Balaban J connectivity index is 0.00000272. The van der Waals surface area contributed by atoms with Gasteiger partial charge in [0.05, 0.1) is 18.8 Å². The molecule has 2 aromatic rings. The molecule has 3 rings (SSSR count). The summed E-state index contributed by atoms with van der Waals surface area (Å²) in [6.45, 7) is 0.715. The van der Waals surface area contributed by atoms with Crippen molar-refractivity contribution in [2.75, 3.05) is 45.7 Å². The molecule has 0 radical (unpaired) electrons. The number of rotatable bonds is 9. The van der Waals surface area contributed by atoms with Crippen LogP contribution >= 0.6 is 24.8 Å². The molecule has 0 spiro atoms. The van der Waals surface area contributed by atoms with Gasteiger partial charge in [-0.1, -0.05) is 30.3 Å². The molecule has 1 aliphatic rings. The van der Waals surface area contributed by atoms with Crippen molar-refractivity contribution in [2.24, 2.45) is 0 Å². The second-order valence-electron chi connectivity index (χ2n) is 8.24. The number of amides is 1. The maximum absolute atomic E-state index is 12.6. The minimum absolute atomic E-state index is 0. The minimum atomic E-state index is -0.827. The molecule has 33 heavy (non-hydrogen) atoms. The van der Waals surface area contributed by atoms with Gasteiger partial charge in [-0.2, -0.15) is 0 Å². The predicted molar refractivity (Wildman–Crippen MR) is 136 cm³/mol. The van der Waals surface area contributed by atoms with Crippen molar-refractivity contribution in [1.29, 1.82) is 0 Å². The van der Waals surface area contributed by atoms with Gasteiger partial charge in [0.25, 0.3) is 5.91 Å². The van der Waals surface area contributed by atoms with Crippen LogP contribution in [0.5, 0.6) is 0 Å². The van der Waals surface area contributed by atoms with E-state index in [4.69, 9.17) is 4.74 Å². The van der Waals surface area contributed by atoms with Crippen molar-refractivity contribution in [3.63, 3.8) is 0 Å². The van der Waals surface area contributed by atoms with Crippen molar-refractivity contribution in [3.8, 4) is 0 Å². The molecule has 2 aromatic carbocycles. The first-order valence-electron chi connectivity index (χ1n) is 10.6. The fourth-order valence-electron chi connectivity index (χ4n) is 4.00. The lowest BCUT2D eigenvalue weighted by molar-refractivity contribution is -0.0209. The third-order valence-corrected chi connectivity index (χ3v) is 5.86. The number of likely N-dealkylation sites (N-methyl/N-ethyl adjacent to an activating group) is 1. The molecule has 1 heterocycles. The molecule has 0 unspecified atom stereocenters. The van der Waals surface area contributed by atoms with Crippen molar-refractivity contribution in [1.82, 2.24) is 10.2 Å². The second kappa shape index (κ2) is 13.7. The lowest BCUT2D eigenvalue weighted by Gasteiger charge is -2.30. The van der Waals surface area contributed by atoms with E-state index in [-0.39, 0.29) is 49.9 Å². The number of halogens is 2. The fraction of sp³-hybridized carbons (Fsp3) is 0.458. The van der Waals surface area contributed by atoms with E-state index in [1.807, 2.05) is 56.4 Å². The number of nitrogens with zero attached hydrogens (tertiary/aromatic N) is 2. The average molecular weight is 500 g/mol. The van der Waals surface area contributed by atoms with E-state index in [2.05, 4.69) is 22.3 Å². The van der Waals surface area contributed by atoms with Gasteiger partial charge in [0, 0.05) is 38.4 Å². The van der Waals surface area contributed by atoms with Gasteiger partial charge in [-0.05, 0) is 43.3 Å². The molecule has 3 N–H and O–H groups in total. The Hall–Kier alpha value is -1.87. The molecule has 184 valence electrons. The van der Waals surface area contributed by atoms with Gasteiger partial charge < -0.3 is 25.2 Å². The van der Waals surface area contributed by atoms with Crippen LogP contribution < -0.4 is 10.2 Å². The second-order valence-corrected chi connectivity index (χ2v) is 8.24. The zero-order valence-electron chi connectivity index (χ0n) is 19.3. The number of aliphatic hydroxyl groups excluding tert-OH is 2. The number of benzene rings is 2. The summed E-state index contributed by atoms with van der Waals surface area (Å²) in [5.41, 5.74) is 2.80. The Bertz CT molecular complexity index is 839. The topological polar surface area (TPSA) is 85.3 Å². The molecule has 4 atom stereocenters. The van der Waals surface area contributed by atoms with Gasteiger partial charge in [-0.3, -0.25) is 9.69 Å². The summed E-state index contributed by atoms with van der Waals surface area (Å²) >= 11 is 0. The van der Waals surface area contributed by atoms with E-state index in [0.717, 1.165) is 18.7 Å². The molecule has 0 aliphatic carbocycles. The summed E-state index contributed by atoms with van der Waals surface area (Å²) in [4.78, 5) is 16.6. The first-order valence-corrected chi connectivity index (χ1v) is 10.6. The Kier molecular flexibility index (Phi) is 12.1. The third-order valence-electron chi connectivity index (χ3n) is 5.86. The van der Waals surface area contributed by atoms with Crippen LogP contribution in [-0.2, 0) is 11.2 Å². The smallest absolute Gasteiger partial charge is 0.251 e. The highest BCUT2D eigenvalue weighted by atomic mass is 35.5. The van der Waals surface area contributed by atoms with E-state index in [0.29, 0.717) is 5.56 Å². The number of hydrogen-bond donors (Lipinski definition) is 3. The summed E-state index contributed by atoms with van der Waals surface area (Å²) in [6, 6.07) is 17.2. The van der Waals surface area contributed by atoms with Gasteiger partial charge in [-0.15, -0.1) is 24.8 Å². The number of aliphatic hydroxyl groups is 2. The van der Waals surface area contributed by atoms with E-state index in [1.54, 1.807) is 12.1 Å². The Morgan fingerprint density at radius 2 is 1.64 bits per heavy atom. The number of nitrogens with one attached hydrogen (secondary N) is 1. The van der Waals surface area contributed by atoms with Crippen molar-refractivity contribution in [3.05, 3.63) is 65.7 Å². The zero-order chi connectivity index (χ0) is 22.4. The molecule has 1 aliphatic heterocycles. The van der Waals surface area contributed by atoms with Gasteiger partial charge in [0.15, 0.2) is 0 Å². The van der Waals surface area contributed by atoms with Crippen LogP contribution in [0.4, 0.5) is 5.69 Å². The standard InChI is InChI=1S/C24H33N3O4.2ClH/c1-26(2)19-11-9-18(10-12-19)24(30)25-15-20-22(23(29)21(16-28)31-20)27(3)14-13-17-7-5-4-6-8-17;;/h4-12,20-23,28-29H,13-16H2,1-3H3,(H,25,30);2*1H/t20-,21+,22+,23-;;/m1../s1. The van der Waals surface area contributed by atoms with Crippen LogP contribution in [0.15, 0.2) is 54.6 Å². The first-order chi connectivity index (χ1) is 14.9. The molecule has 1 saturated heterocycles. The number of carbonyl (C=O) groups is 1. The van der Waals surface area contributed by atoms with Crippen molar-refractivity contribution in [2.45, 2.75) is 30.8 Å². The Morgan fingerprint density at radius 3 is 2.21 bits per heavy atom. The molecule has 9 heteroatoms. The van der Waals surface area contributed by atoms with Gasteiger partial charge in [0.1, 0.15) is 12.2 Å². The lowest BCUT2D eigenvalue weighted by Crippen LogP contribution is -2.50. The van der Waals surface area contributed by atoms with Crippen LogP contribution in [0.25, 0.3) is 0 Å². The lowest BCUT2D eigenvalue weighted by atomic mass is 10.0. The maximum atomic E-state index is 12.6. The highest BCUT2D eigenvalue weighted by molar-refractivity contribution is 5.94. The Morgan fingerprint density at radius 1 is 1.00 bits per heavy atom. The SMILES string of the molecule is CN(C)c1ccc(C(=O)NC[C@H]2O[C@@H](CO)[C@@H](O)[C@H]2N(C)CCc2ccccc2)cc1.Cl.Cl. The van der Waals surface area contributed by atoms with E-state index >= 15 is 0 Å². The van der Waals surface area contributed by atoms with Crippen molar-refractivity contribution < 1.29 is 19.7 Å². The molecular formula is C24H35Cl2N3O4. The van der Waals surface area contributed by atoms with Crippen LogP contribution in [0.3, 0.4) is 0 Å². The molecule has 1 amide bonds. The van der Waals surface area contributed by atoms with E-state index in [9.17, 15) is 15.0 Å². The molecular weight excluding hydrogens is 465 g/mol. The summed E-state index contributed by atoms with van der Waals surface area (Å²) in [6.07, 6.45) is -1.07. The highest BCUT2D eigenvalue weighted by Crippen LogP contribution is 2.25. The average Bonchev–Trinajstić information content (AvgIpc) is 3.11. The normalized spacial score (nSPS) is 21.8. The maximum Gasteiger partial charge on any atom is 0.251 e. The summed E-state index contributed by atoms with van der Waals surface area (Å²) < 4.78 is 5.88. The van der Waals surface area contributed by atoms with Crippen LogP contribution in [0.2, 0.25) is 0 Å². The molecule has 0 aromatic heterocycles. The largest absolute Gasteiger partial charge is 0.394 e. The first kappa shape index (κ1) is 29.2. The minimum Gasteiger partial charge on any atom is -0.394 e. The molecule has 1 fully saturated rings. The number of anilines is 1. The van der Waals surface area contributed by atoms with Crippen LogP contribution in [-0.4, -0.2) is 86.2 Å². The molecule has 0 bridgehead atoms. The third kappa shape index (κ3) is 7.57. The number of hydrogen-bond acceptors (Lipinski definition) is 6. The van der Waals surface area contributed by atoms with Gasteiger partial charge in [0.2, 0.25) is 0 Å². The van der Waals surface area contributed by atoms with Crippen LogP contribution in [0, 0.1) is 0 Å². The summed E-state index contributed by atoms with van der Waals surface area (Å²) in [7, 11) is 5.84. The predicted octanol–water partition coefficient (Wildman–Crippen LogP) is 1.99. The van der Waals surface area contributed by atoms with Crippen LogP contribution in [0.1, 0.15) is 15.9 Å². The van der Waals surface area contributed by atoms with E-state index < -0.39 is 18.3 Å². The number of ether oxygens (including phenoxy) is 1. The quantitative estimate of drug-likeness (QED) is 0.489. The van der Waals surface area contributed by atoms with E-state index in [1.165, 1.54) is 5.56 Å². The summed E-state index contributed by atoms with van der Waals surface area (Å²) in [5, 5.41) is 23.2.